The number of benzene rings is 2. The Balaban J connectivity index is 2.06. The van der Waals surface area contributed by atoms with Crippen molar-refractivity contribution in [2.75, 3.05) is 0 Å². The molecule has 0 aliphatic rings. The van der Waals surface area contributed by atoms with Crippen LogP contribution in [0.2, 0.25) is 0 Å². The molecule has 0 saturated carbocycles. The van der Waals surface area contributed by atoms with Crippen LogP contribution in [0.15, 0.2) is 46.9 Å². The second-order valence-electron chi connectivity index (χ2n) is 3.81. The average Bonchev–Trinajstić information content (AvgIpc) is 2.38. The summed E-state index contributed by atoms with van der Waals surface area (Å²) in [4.78, 5) is 0. The Morgan fingerprint density at radius 2 is 2.00 bits per heavy atom. The summed E-state index contributed by atoms with van der Waals surface area (Å²) >= 11 is 9.06. The van der Waals surface area contributed by atoms with Crippen LogP contribution in [-0.4, -0.2) is 0 Å². The van der Waals surface area contributed by atoms with Gasteiger partial charge in [0.1, 0.15) is 18.2 Å². The second kappa shape index (κ2) is 6.21. The van der Waals surface area contributed by atoms with Crippen LogP contribution in [0.4, 0.5) is 4.39 Å². The van der Waals surface area contributed by atoms with Crippen LogP contribution in [0.5, 0.6) is 5.75 Å². The highest BCUT2D eigenvalue weighted by Gasteiger charge is 2.03. The smallest absolute Gasteiger partial charge is 0.124 e. The van der Waals surface area contributed by atoms with Crippen molar-refractivity contribution in [1.82, 2.24) is 0 Å². The molecule has 0 bridgehead atoms. The largest absolute Gasteiger partial charge is 0.489 e. The zero-order chi connectivity index (χ0) is 13.0. The van der Waals surface area contributed by atoms with Gasteiger partial charge in [0.2, 0.25) is 0 Å². The van der Waals surface area contributed by atoms with Crippen LogP contribution >= 0.6 is 27.5 Å². The molecule has 2 aromatic rings. The number of rotatable bonds is 4. The Morgan fingerprint density at radius 3 is 2.72 bits per heavy atom. The number of hydrogen-bond acceptors (Lipinski definition) is 1. The maximum atomic E-state index is 12.9. The van der Waals surface area contributed by atoms with E-state index in [9.17, 15) is 4.39 Å². The summed E-state index contributed by atoms with van der Waals surface area (Å²) in [5.41, 5.74) is 1.90. The van der Waals surface area contributed by atoms with Crippen LogP contribution in [0.25, 0.3) is 0 Å². The number of halogens is 3. The first-order chi connectivity index (χ1) is 8.69. The van der Waals surface area contributed by atoms with E-state index in [0.29, 0.717) is 17.0 Å². The topological polar surface area (TPSA) is 9.23 Å². The van der Waals surface area contributed by atoms with E-state index in [4.69, 9.17) is 16.3 Å². The van der Waals surface area contributed by atoms with E-state index in [1.165, 1.54) is 12.1 Å². The Kier molecular flexibility index (Phi) is 4.61. The molecule has 94 valence electrons. The lowest BCUT2D eigenvalue weighted by Gasteiger charge is -2.08. The first-order valence-corrected chi connectivity index (χ1v) is 6.73. The maximum absolute atomic E-state index is 12.9. The highest BCUT2D eigenvalue weighted by atomic mass is 79.9. The SMILES string of the molecule is Fc1ccc(COc2cccc(CCl)c2)c(Br)c1. The molecule has 0 heterocycles. The second-order valence-corrected chi connectivity index (χ2v) is 4.93. The van der Waals surface area contributed by atoms with Crippen molar-refractivity contribution in [1.29, 1.82) is 0 Å². The van der Waals surface area contributed by atoms with Crippen LogP contribution in [-0.2, 0) is 12.5 Å². The monoisotopic (exact) mass is 328 g/mol. The predicted molar refractivity (Wildman–Crippen MR) is 74.4 cm³/mol. The molecule has 0 saturated heterocycles. The lowest BCUT2D eigenvalue weighted by molar-refractivity contribution is 0.305. The maximum Gasteiger partial charge on any atom is 0.124 e. The summed E-state index contributed by atoms with van der Waals surface area (Å²) in [6.07, 6.45) is 0. The third-order valence-corrected chi connectivity index (χ3v) is 3.51. The van der Waals surface area contributed by atoms with Gasteiger partial charge in [-0.3, -0.25) is 0 Å². The number of alkyl halides is 1. The van der Waals surface area contributed by atoms with E-state index < -0.39 is 0 Å². The number of hydrogen-bond donors (Lipinski definition) is 0. The molecule has 18 heavy (non-hydrogen) atoms. The van der Waals surface area contributed by atoms with E-state index in [-0.39, 0.29) is 5.82 Å². The molecular formula is C14H11BrClFO. The molecule has 0 aromatic heterocycles. The van der Waals surface area contributed by atoms with Gasteiger partial charge in [0, 0.05) is 15.9 Å². The van der Waals surface area contributed by atoms with Crippen LogP contribution < -0.4 is 4.74 Å². The Hall–Kier alpha value is -1.06. The molecular weight excluding hydrogens is 319 g/mol. The Labute approximate surface area is 119 Å². The van der Waals surface area contributed by atoms with Gasteiger partial charge in [-0.25, -0.2) is 4.39 Å². The summed E-state index contributed by atoms with van der Waals surface area (Å²) in [6.45, 7) is 0.382. The highest BCUT2D eigenvalue weighted by molar-refractivity contribution is 9.10. The molecule has 0 fully saturated rings. The molecule has 0 aliphatic heterocycles. The summed E-state index contributed by atoms with van der Waals surface area (Å²) in [5.74, 6) is 0.941. The fourth-order valence-electron chi connectivity index (χ4n) is 1.52. The summed E-state index contributed by atoms with van der Waals surface area (Å²) in [7, 11) is 0. The lowest BCUT2D eigenvalue weighted by Crippen LogP contribution is -1.97. The molecule has 0 N–H and O–H groups in total. The fraction of sp³-hybridized carbons (Fsp3) is 0.143. The third kappa shape index (κ3) is 3.47. The van der Waals surface area contributed by atoms with E-state index in [2.05, 4.69) is 15.9 Å². The first kappa shape index (κ1) is 13.4. The third-order valence-electron chi connectivity index (χ3n) is 2.46. The predicted octanol–water partition coefficient (Wildman–Crippen LogP) is 4.91. The minimum atomic E-state index is -0.269. The van der Waals surface area contributed by atoms with Gasteiger partial charge >= 0.3 is 0 Å². The fourth-order valence-corrected chi connectivity index (χ4v) is 2.15. The molecule has 0 unspecified atom stereocenters. The van der Waals surface area contributed by atoms with E-state index in [1.54, 1.807) is 6.07 Å². The van der Waals surface area contributed by atoms with Crippen LogP contribution in [0.3, 0.4) is 0 Å². The van der Waals surface area contributed by atoms with Gasteiger partial charge < -0.3 is 4.74 Å². The van der Waals surface area contributed by atoms with Gasteiger partial charge in [0.15, 0.2) is 0 Å². The normalized spacial score (nSPS) is 10.4. The first-order valence-electron chi connectivity index (χ1n) is 5.40. The van der Waals surface area contributed by atoms with Gasteiger partial charge in [-0.05, 0) is 29.8 Å². The van der Waals surface area contributed by atoms with Crippen molar-refractivity contribution >= 4 is 27.5 Å². The Bertz CT molecular complexity index is 545. The van der Waals surface area contributed by atoms with Gasteiger partial charge in [0.05, 0.1) is 0 Å². The molecule has 0 aliphatic carbocycles. The molecule has 2 rings (SSSR count). The molecule has 1 nitrogen and oxygen atoms in total. The molecule has 0 spiro atoms. The van der Waals surface area contributed by atoms with Crippen LogP contribution in [0, 0.1) is 5.82 Å². The zero-order valence-electron chi connectivity index (χ0n) is 9.50. The van der Waals surface area contributed by atoms with Crippen molar-refractivity contribution in [3.05, 3.63) is 63.9 Å². The lowest BCUT2D eigenvalue weighted by atomic mass is 10.2. The van der Waals surface area contributed by atoms with Crippen molar-refractivity contribution in [2.24, 2.45) is 0 Å². The number of ether oxygens (including phenoxy) is 1. The standard InChI is InChI=1S/C14H11BrClFO/c15-14-7-12(17)5-4-11(14)9-18-13-3-1-2-10(6-13)8-16/h1-7H,8-9H2. The molecule has 4 heteroatoms. The van der Waals surface area contributed by atoms with Crippen molar-refractivity contribution in [3.63, 3.8) is 0 Å². The summed E-state index contributed by atoms with van der Waals surface area (Å²) in [6, 6.07) is 12.1. The minimum Gasteiger partial charge on any atom is -0.489 e. The molecule has 0 radical (unpaired) electrons. The van der Waals surface area contributed by atoms with E-state index >= 15 is 0 Å². The van der Waals surface area contributed by atoms with Gasteiger partial charge in [0.25, 0.3) is 0 Å². The van der Waals surface area contributed by atoms with Crippen LogP contribution in [0.1, 0.15) is 11.1 Å². The molecule has 2 aromatic carbocycles. The van der Waals surface area contributed by atoms with Gasteiger partial charge in [-0.1, -0.05) is 34.1 Å². The summed E-state index contributed by atoms with van der Waals surface area (Å²) in [5, 5.41) is 0. The molecule has 0 amide bonds. The van der Waals surface area contributed by atoms with E-state index in [0.717, 1.165) is 16.9 Å². The highest BCUT2D eigenvalue weighted by Crippen LogP contribution is 2.21. The molecule has 0 atom stereocenters. The summed E-state index contributed by atoms with van der Waals surface area (Å²) < 4.78 is 19.3. The average molecular weight is 330 g/mol. The quantitative estimate of drug-likeness (QED) is 0.725. The van der Waals surface area contributed by atoms with Gasteiger partial charge in [-0.2, -0.15) is 0 Å². The van der Waals surface area contributed by atoms with Crippen molar-refractivity contribution in [3.8, 4) is 5.75 Å². The van der Waals surface area contributed by atoms with E-state index in [1.807, 2.05) is 24.3 Å². The Morgan fingerprint density at radius 1 is 1.17 bits per heavy atom. The van der Waals surface area contributed by atoms with Crippen molar-refractivity contribution in [2.45, 2.75) is 12.5 Å². The van der Waals surface area contributed by atoms with Gasteiger partial charge in [-0.15, -0.1) is 11.6 Å². The zero-order valence-corrected chi connectivity index (χ0v) is 11.8. The van der Waals surface area contributed by atoms with Crippen molar-refractivity contribution < 1.29 is 9.13 Å². The minimum absolute atomic E-state index is 0.269.